The highest BCUT2D eigenvalue weighted by molar-refractivity contribution is 7.00. The van der Waals surface area contributed by atoms with Crippen LogP contribution in [-0.4, -0.2) is 6.71 Å². The summed E-state index contributed by atoms with van der Waals surface area (Å²) in [5, 5.41) is 0. The van der Waals surface area contributed by atoms with Crippen molar-refractivity contribution >= 4 is 57.2 Å². The molecule has 2 nitrogen and oxygen atoms in total. The first-order chi connectivity index (χ1) is 30.0. The molecule has 2 heterocycles. The molecule has 0 spiro atoms. The molecule has 6 unspecified atom stereocenters. The highest BCUT2D eigenvalue weighted by Gasteiger charge is 2.62. The van der Waals surface area contributed by atoms with E-state index in [1.807, 2.05) is 0 Å². The van der Waals surface area contributed by atoms with Gasteiger partial charge in [0.15, 0.2) is 0 Å². The predicted molar refractivity (Wildman–Crippen MR) is 276 cm³/mol. The average Bonchev–Trinajstić information content (AvgIpc) is 3.78. The lowest BCUT2D eigenvalue weighted by Gasteiger charge is -2.46. The maximum absolute atomic E-state index is 2.72. The SMILES string of the molecule is CC(C)c1cc2c3c(c1)N(c1ccc(C(C)(C)C)cc1)c1ccc(C(C)(C)C)cc1B3c1cc(C3CC4CCC3(C)C4(C)C)ccc1N2c1ccc(C2CC3CCC2(C)C3(C)C)cc1. The van der Waals surface area contributed by atoms with Crippen molar-refractivity contribution in [3.05, 3.63) is 125 Å². The second kappa shape index (κ2) is 13.7. The summed E-state index contributed by atoms with van der Waals surface area (Å²) >= 11 is 0. The molecule has 0 amide bonds. The molecular weight excluding hydrogens is 771 g/mol. The minimum Gasteiger partial charge on any atom is -0.311 e. The third-order valence-electron chi connectivity index (χ3n) is 20.2. The van der Waals surface area contributed by atoms with Gasteiger partial charge in [0.05, 0.1) is 0 Å². The van der Waals surface area contributed by atoms with E-state index in [9.17, 15) is 0 Å². The normalized spacial score (nSPS) is 28.2. The third-order valence-corrected chi connectivity index (χ3v) is 20.2. The molecule has 4 aliphatic carbocycles. The van der Waals surface area contributed by atoms with Crippen LogP contribution in [0.15, 0.2) is 97.1 Å². The van der Waals surface area contributed by atoms with Gasteiger partial charge in [-0.1, -0.05) is 145 Å². The van der Waals surface area contributed by atoms with Crippen LogP contribution in [0.4, 0.5) is 34.1 Å². The Bertz CT molecular complexity index is 2690. The van der Waals surface area contributed by atoms with Crippen LogP contribution in [0.1, 0.15) is 181 Å². The largest absolute Gasteiger partial charge is 0.311 e. The van der Waals surface area contributed by atoms with E-state index in [4.69, 9.17) is 0 Å². The lowest BCUT2D eigenvalue weighted by atomic mass is 9.33. The van der Waals surface area contributed by atoms with Crippen LogP contribution in [0.25, 0.3) is 0 Å². The fourth-order valence-electron chi connectivity index (χ4n) is 15.0. The van der Waals surface area contributed by atoms with Crippen LogP contribution >= 0.6 is 0 Å². The average molecular weight is 847 g/mol. The predicted octanol–water partition coefficient (Wildman–Crippen LogP) is 15.3. The van der Waals surface area contributed by atoms with Gasteiger partial charge in [0.2, 0.25) is 0 Å². The summed E-state index contributed by atoms with van der Waals surface area (Å²) in [6, 6.07) is 40.0. The molecule has 0 saturated heterocycles. The summed E-state index contributed by atoms with van der Waals surface area (Å²) in [5.74, 6) is 3.17. The van der Waals surface area contributed by atoms with Gasteiger partial charge >= 0.3 is 0 Å². The molecule has 11 rings (SSSR count). The van der Waals surface area contributed by atoms with Gasteiger partial charge in [-0.25, -0.2) is 0 Å². The molecule has 64 heavy (non-hydrogen) atoms. The van der Waals surface area contributed by atoms with E-state index in [1.165, 1.54) is 111 Å². The Kier molecular flexibility index (Phi) is 9.06. The molecule has 3 heteroatoms. The number of hydrogen-bond donors (Lipinski definition) is 0. The third kappa shape index (κ3) is 5.76. The molecule has 0 aromatic heterocycles. The summed E-state index contributed by atoms with van der Waals surface area (Å²) in [5.41, 5.74) is 20.9. The van der Waals surface area contributed by atoms with Crippen LogP contribution in [0.2, 0.25) is 0 Å². The van der Waals surface area contributed by atoms with E-state index in [0.717, 1.165) is 11.8 Å². The number of rotatable bonds is 5. The van der Waals surface area contributed by atoms with Crippen LogP contribution in [0.5, 0.6) is 0 Å². The Labute approximate surface area is 387 Å². The minimum absolute atomic E-state index is 0.0142. The maximum Gasteiger partial charge on any atom is 0.252 e. The molecule has 5 aromatic rings. The standard InChI is InChI=1S/C61H75BN2/c1-37(2)40-32-53-55-54(33-40)64(46-23-18-41(19-24-46)56(3,4)5)52-26-20-42(57(6,7)8)36-50(52)62(55)49-31-39(48-35-44-28-30-61(48,14)59(44,11)12)17-25-51(49)63(53)45-21-15-38(16-22-45)47-34-43-27-29-60(47,13)58(43,9)10/h15-26,31-33,36-37,43-44,47-48H,27-30,34-35H2,1-14H3. The van der Waals surface area contributed by atoms with Crippen LogP contribution < -0.4 is 26.2 Å². The quantitative estimate of drug-likeness (QED) is 0.159. The second-order valence-electron chi connectivity index (χ2n) is 25.8. The molecule has 332 valence electrons. The van der Waals surface area contributed by atoms with Crippen molar-refractivity contribution < 1.29 is 0 Å². The van der Waals surface area contributed by atoms with E-state index in [-0.39, 0.29) is 17.5 Å². The molecule has 0 radical (unpaired) electrons. The summed E-state index contributed by atoms with van der Waals surface area (Å²) in [6.07, 6.45) is 8.07. The fourth-order valence-corrected chi connectivity index (χ4v) is 15.0. The van der Waals surface area contributed by atoms with Gasteiger partial charge in [-0.3, -0.25) is 0 Å². The van der Waals surface area contributed by atoms with Gasteiger partial charge in [-0.05, 0) is 193 Å². The van der Waals surface area contributed by atoms with Gasteiger partial charge in [0, 0.05) is 34.1 Å². The number of benzene rings is 5. The molecule has 6 aliphatic rings. The smallest absolute Gasteiger partial charge is 0.252 e. The molecule has 5 aromatic carbocycles. The van der Waals surface area contributed by atoms with Gasteiger partial charge in [-0.2, -0.15) is 0 Å². The Morgan fingerprint density at radius 2 is 0.953 bits per heavy atom. The van der Waals surface area contributed by atoms with Crippen molar-refractivity contribution in [2.75, 3.05) is 9.80 Å². The number of nitrogens with zero attached hydrogens (tertiary/aromatic N) is 2. The first kappa shape index (κ1) is 42.4. The van der Waals surface area contributed by atoms with Gasteiger partial charge in [0.25, 0.3) is 6.71 Å². The van der Waals surface area contributed by atoms with E-state index in [2.05, 4.69) is 204 Å². The number of anilines is 6. The molecule has 0 N–H and O–H groups in total. The monoisotopic (exact) mass is 847 g/mol. The summed E-state index contributed by atoms with van der Waals surface area (Å²) in [7, 11) is 0. The van der Waals surface area contributed by atoms with Gasteiger partial charge in [-0.15, -0.1) is 0 Å². The van der Waals surface area contributed by atoms with E-state index < -0.39 is 0 Å². The molecule has 4 fully saturated rings. The van der Waals surface area contributed by atoms with Crippen molar-refractivity contribution in [1.29, 1.82) is 0 Å². The van der Waals surface area contributed by atoms with E-state index in [0.29, 0.717) is 39.4 Å². The Hall–Kier alpha value is -4.24. The van der Waals surface area contributed by atoms with Gasteiger partial charge < -0.3 is 9.80 Å². The highest BCUT2D eigenvalue weighted by atomic mass is 15.2. The first-order valence-electron chi connectivity index (χ1n) is 25.3. The number of hydrogen-bond acceptors (Lipinski definition) is 2. The lowest BCUT2D eigenvalue weighted by Crippen LogP contribution is -2.61. The molecular formula is C61H75BN2. The maximum atomic E-state index is 2.72. The zero-order valence-electron chi connectivity index (χ0n) is 41.8. The fraction of sp³-hybridized carbons (Fsp3) is 0.508. The van der Waals surface area contributed by atoms with Crippen molar-refractivity contribution in [3.8, 4) is 0 Å². The Morgan fingerprint density at radius 1 is 0.516 bits per heavy atom. The zero-order valence-corrected chi connectivity index (χ0v) is 41.8. The highest BCUT2D eigenvalue weighted by Crippen LogP contribution is 2.72. The molecule has 4 bridgehead atoms. The zero-order chi connectivity index (χ0) is 45.3. The topological polar surface area (TPSA) is 6.48 Å². The minimum atomic E-state index is 0.0142. The van der Waals surface area contributed by atoms with Gasteiger partial charge in [0.1, 0.15) is 0 Å². The lowest BCUT2D eigenvalue weighted by molar-refractivity contribution is 0.134. The van der Waals surface area contributed by atoms with Crippen molar-refractivity contribution in [3.63, 3.8) is 0 Å². The molecule has 4 saturated carbocycles. The van der Waals surface area contributed by atoms with Crippen LogP contribution in [-0.2, 0) is 10.8 Å². The Morgan fingerprint density at radius 3 is 1.41 bits per heavy atom. The Balaban J connectivity index is 1.16. The number of fused-ring (bicyclic) bond motifs is 8. The second-order valence-corrected chi connectivity index (χ2v) is 25.8. The summed E-state index contributed by atoms with van der Waals surface area (Å²) < 4.78 is 0. The van der Waals surface area contributed by atoms with Crippen LogP contribution in [0.3, 0.4) is 0 Å². The van der Waals surface area contributed by atoms with Crippen LogP contribution in [0, 0.1) is 33.5 Å². The van der Waals surface area contributed by atoms with Crippen molar-refractivity contribution in [1.82, 2.24) is 0 Å². The van der Waals surface area contributed by atoms with Crippen molar-refractivity contribution in [2.24, 2.45) is 33.5 Å². The first-order valence-corrected chi connectivity index (χ1v) is 25.3. The van der Waals surface area contributed by atoms with E-state index >= 15 is 0 Å². The summed E-state index contributed by atoms with van der Waals surface area (Å²) in [4.78, 5) is 5.31. The molecule has 2 aliphatic heterocycles. The summed E-state index contributed by atoms with van der Waals surface area (Å²) in [6.45, 7) is 34.5. The van der Waals surface area contributed by atoms with Crippen molar-refractivity contribution in [2.45, 2.75) is 164 Å². The van der Waals surface area contributed by atoms with E-state index in [1.54, 1.807) is 5.56 Å². The molecule has 6 atom stereocenters.